The van der Waals surface area contributed by atoms with Crippen molar-refractivity contribution in [3.8, 4) is 0 Å². The molecule has 0 amide bonds. The molecule has 0 saturated heterocycles. The summed E-state index contributed by atoms with van der Waals surface area (Å²) < 4.78 is 16.8. The van der Waals surface area contributed by atoms with Gasteiger partial charge in [0.1, 0.15) is 13.2 Å². The molecule has 0 aromatic rings. The van der Waals surface area contributed by atoms with E-state index in [1.54, 1.807) is 0 Å². The fourth-order valence-corrected chi connectivity index (χ4v) is 7.78. The second-order valence-corrected chi connectivity index (χ2v) is 18.5. The maximum absolute atomic E-state index is 12.8. The first kappa shape index (κ1) is 62.8. The van der Waals surface area contributed by atoms with Gasteiger partial charge in [0.25, 0.3) is 0 Å². The molecule has 0 aromatic heterocycles. The molecule has 0 aromatic carbocycles. The summed E-state index contributed by atoms with van der Waals surface area (Å²) in [6, 6.07) is 0. The predicted molar refractivity (Wildman–Crippen MR) is 284 cm³/mol. The van der Waals surface area contributed by atoms with Crippen LogP contribution in [0.2, 0.25) is 0 Å². The lowest BCUT2D eigenvalue weighted by molar-refractivity contribution is -0.166. The van der Waals surface area contributed by atoms with E-state index >= 15 is 0 Å². The van der Waals surface area contributed by atoms with Crippen LogP contribution < -0.4 is 0 Å². The second-order valence-electron chi connectivity index (χ2n) is 18.5. The van der Waals surface area contributed by atoms with E-state index in [0.717, 1.165) is 70.6 Å². The number of hydrogen-bond donors (Lipinski definition) is 0. The van der Waals surface area contributed by atoms with E-state index in [2.05, 4.69) is 87.6 Å². The van der Waals surface area contributed by atoms with E-state index in [0.29, 0.717) is 19.3 Å². The van der Waals surface area contributed by atoms with E-state index < -0.39 is 6.10 Å². The minimum Gasteiger partial charge on any atom is -0.462 e. The van der Waals surface area contributed by atoms with Crippen molar-refractivity contribution in [3.63, 3.8) is 0 Å². The van der Waals surface area contributed by atoms with Crippen molar-refractivity contribution in [1.82, 2.24) is 0 Å². The molecule has 1 atom stereocenters. The number of esters is 3. The van der Waals surface area contributed by atoms with Crippen LogP contribution in [0.5, 0.6) is 0 Å². The molecule has 1 unspecified atom stereocenters. The Bertz CT molecular complexity index is 1240. The van der Waals surface area contributed by atoms with E-state index in [-0.39, 0.29) is 37.5 Å². The summed E-state index contributed by atoms with van der Waals surface area (Å²) in [6.07, 6.45) is 69.1. The van der Waals surface area contributed by atoms with Crippen LogP contribution in [-0.2, 0) is 28.6 Å². The Hall–Kier alpha value is -3.15. The van der Waals surface area contributed by atoms with Crippen LogP contribution in [0.1, 0.15) is 271 Å². The zero-order valence-electron chi connectivity index (χ0n) is 43.4. The first-order valence-corrected chi connectivity index (χ1v) is 27.9. The Labute approximate surface area is 408 Å². The number of hydrogen-bond acceptors (Lipinski definition) is 6. The summed E-state index contributed by atoms with van der Waals surface area (Å²) in [6.45, 7) is 6.46. The van der Waals surface area contributed by atoms with Crippen molar-refractivity contribution in [1.29, 1.82) is 0 Å². The largest absolute Gasteiger partial charge is 0.462 e. The molecule has 0 aliphatic carbocycles. The highest BCUT2D eigenvalue weighted by Crippen LogP contribution is 2.15. The molecule has 380 valence electrons. The zero-order chi connectivity index (χ0) is 47.9. The molecule has 0 radical (unpaired) electrons. The first-order valence-electron chi connectivity index (χ1n) is 27.9. The molecule has 0 N–H and O–H groups in total. The molecule has 0 bridgehead atoms. The smallest absolute Gasteiger partial charge is 0.306 e. The maximum Gasteiger partial charge on any atom is 0.306 e. The van der Waals surface area contributed by atoms with E-state index in [9.17, 15) is 14.4 Å². The minimum atomic E-state index is -0.803. The fourth-order valence-electron chi connectivity index (χ4n) is 7.78. The third-order valence-corrected chi connectivity index (χ3v) is 12.0. The Balaban J connectivity index is 4.38. The van der Waals surface area contributed by atoms with Crippen LogP contribution >= 0.6 is 0 Å². The Morgan fingerprint density at radius 2 is 0.621 bits per heavy atom. The van der Waals surface area contributed by atoms with Crippen molar-refractivity contribution in [2.75, 3.05) is 13.2 Å². The Morgan fingerprint density at radius 3 is 1.02 bits per heavy atom. The number of carbonyl (C=O) groups is 3. The lowest BCUT2D eigenvalue weighted by Gasteiger charge is -2.18. The fraction of sp³-hybridized carbons (Fsp3) is 0.750. The van der Waals surface area contributed by atoms with Gasteiger partial charge < -0.3 is 14.2 Å². The molecule has 66 heavy (non-hydrogen) atoms. The van der Waals surface area contributed by atoms with Crippen LogP contribution in [0.4, 0.5) is 0 Å². The average molecular weight is 921 g/mol. The second kappa shape index (κ2) is 54.5. The summed E-state index contributed by atoms with van der Waals surface area (Å²) in [4.78, 5) is 38.0. The van der Waals surface area contributed by atoms with Gasteiger partial charge in [0, 0.05) is 19.3 Å². The van der Waals surface area contributed by atoms with Gasteiger partial charge >= 0.3 is 17.9 Å². The third kappa shape index (κ3) is 51.8. The van der Waals surface area contributed by atoms with Crippen LogP contribution in [0.15, 0.2) is 72.9 Å². The van der Waals surface area contributed by atoms with Crippen LogP contribution in [0, 0.1) is 0 Å². The zero-order valence-corrected chi connectivity index (χ0v) is 43.4. The molecule has 0 aliphatic rings. The van der Waals surface area contributed by atoms with Gasteiger partial charge in [-0.25, -0.2) is 0 Å². The number of carbonyl (C=O) groups excluding carboxylic acids is 3. The van der Waals surface area contributed by atoms with Crippen molar-refractivity contribution >= 4 is 17.9 Å². The highest BCUT2D eigenvalue weighted by Gasteiger charge is 2.19. The van der Waals surface area contributed by atoms with Gasteiger partial charge in [-0.1, -0.05) is 248 Å². The summed E-state index contributed by atoms with van der Waals surface area (Å²) in [5.74, 6) is -0.979. The summed E-state index contributed by atoms with van der Waals surface area (Å²) >= 11 is 0. The van der Waals surface area contributed by atoms with Gasteiger partial charge in [-0.2, -0.15) is 0 Å². The number of ether oxygens (including phenoxy) is 3. The lowest BCUT2D eigenvalue weighted by Crippen LogP contribution is -2.30. The van der Waals surface area contributed by atoms with E-state index in [1.165, 1.54) is 154 Å². The summed E-state index contributed by atoms with van der Waals surface area (Å²) in [7, 11) is 0. The monoisotopic (exact) mass is 921 g/mol. The molecular formula is C60H104O6. The molecule has 0 saturated carbocycles. The highest BCUT2D eigenvalue weighted by atomic mass is 16.6. The van der Waals surface area contributed by atoms with Crippen molar-refractivity contribution in [2.24, 2.45) is 0 Å². The van der Waals surface area contributed by atoms with Crippen LogP contribution in [0.25, 0.3) is 0 Å². The quantitative estimate of drug-likeness (QED) is 0.0262. The normalized spacial score (nSPS) is 12.6. The molecular weight excluding hydrogens is 817 g/mol. The summed E-state index contributed by atoms with van der Waals surface area (Å²) in [5.41, 5.74) is 0. The lowest BCUT2D eigenvalue weighted by atomic mass is 10.0. The summed E-state index contributed by atoms with van der Waals surface area (Å²) in [5, 5.41) is 0. The molecule has 6 nitrogen and oxygen atoms in total. The highest BCUT2D eigenvalue weighted by molar-refractivity contribution is 5.71. The molecule has 0 aliphatic heterocycles. The van der Waals surface area contributed by atoms with Crippen LogP contribution in [0.3, 0.4) is 0 Å². The standard InChI is InChI=1S/C60H104O6/c1-4-7-10-13-16-19-22-25-27-28-29-30-31-32-33-36-38-41-44-47-50-53-59(62)65-56-57(55-64-58(61)52-49-46-43-40-37-34-24-21-18-15-12-9-6-3)66-60(63)54-51-48-45-42-39-35-26-23-20-17-14-11-8-5-2/h9,12,18,21-22,25,28-29,34,37,43,46,57H,4-8,10-11,13-17,19-20,23-24,26-27,30-33,35-36,38-42,44-45,47-56H2,1-3H3/b12-9-,21-18-,25-22-,29-28-,37-34-,46-43-. The molecule has 0 heterocycles. The van der Waals surface area contributed by atoms with Gasteiger partial charge in [0.15, 0.2) is 6.10 Å². The first-order chi connectivity index (χ1) is 32.5. The van der Waals surface area contributed by atoms with Crippen LogP contribution in [-0.4, -0.2) is 37.2 Å². The number of unbranched alkanes of at least 4 members (excludes halogenated alkanes) is 27. The van der Waals surface area contributed by atoms with Crippen molar-refractivity contribution in [2.45, 2.75) is 277 Å². The molecule has 6 heteroatoms. The van der Waals surface area contributed by atoms with E-state index in [4.69, 9.17) is 14.2 Å². The Kier molecular flexibility index (Phi) is 51.9. The van der Waals surface area contributed by atoms with E-state index in [1.807, 2.05) is 6.08 Å². The number of rotatable bonds is 50. The van der Waals surface area contributed by atoms with Crippen molar-refractivity contribution in [3.05, 3.63) is 72.9 Å². The maximum atomic E-state index is 12.8. The SMILES string of the molecule is CC/C=C\C/C=C\C/C=C\C/C=C\CCC(=O)OCC(COC(=O)CCCCCCCCCCC/C=C\C/C=C\CCCCCCC)OC(=O)CCCCCCCCCCCCCCCC. The minimum absolute atomic E-state index is 0.0977. The molecule has 0 fully saturated rings. The van der Waals surface area contributed by atoms with Gasteiger partial charge in [0.05, 0.1) is 0 Å². The van der Waals surface area contributed by atoms with Gasteiger partial charge in [-0.15, -0.1) is 0 Å². The molecule has 0 spiro atoms. The average Bonchev–Trinajstić information content (AvgIpc) is 3.31. The third-order valence-electron chi connectivity index (χ3n) is 12.0. The molecule has 0 rings (SSSR count). The topological polar surface area (TPSA) is 78.9 Å². The Morgan fingerprint density at radius 1 is 0.318 bits per heavy atom. The van der Waals surface area contributed by atoms with Gasteiger partial charge in [0.2, 0.25) is 0 Å². The number of allylic oxidation sites excluding steroid dienone is 12. The predicted octanol–water partition coefficient (Wildman–Crippen LogP) is 18.6. The van der Waals surface area contributed by atoms with Crippen molar-refractivity contribution < 1.29 is 28.6 Å². The van der Waals surface area contributed by atoms with Gasteiger partial charge in [-0.3, -0.25) is 14.4 Å². The van der Waals surface area contributed by atoms with Gasteiger partial charge in [-0.05, 0) is 77.0 Å².